The van der Waals surface area contributed by atoms with Crippen molar-refractivity contribution in [1.82, 2.24) is 4.90 Å². The highest BCUT2D eigenvalue weighted by Crippen LogP contribution is 2.32. The van der Waals surface area contributed by atoms with Gasteiger partial charge < -0.3 is 9.84 Å². The number of hydrogen-bond donors (Lipinski definition) is 1. The summed E-state index contributed by atoms with van der Waals surface area (Å²) in [6.07, 6.45) is 1.28. The van der Waals surface area contributed by atoms with Gasteiger partial charge in [0.1, 0.15) is 0 Å². The normalized spacial score (nSPS) is 27.4. The Morgan fingerprint density at radius 2 is 2.12 bits per heavy atom. The average Bonchev–Trinajstić information content (AvgIpc) is 2.63. The highest BCUT2D eigenvalue weighted by molar-refractivity contribution is 5.74. The summed E-state index contributed by atoms with van der Waals surface area (Å²) in [6, 6.07) is 0.406. The number of β-amino-alcohol motifs (C(OH)–C–C–N with tert-alkyl or cyclic N) is 1. The van der Waals surface area contributed by atoms with Crippen molar-refractivity contribution in [2.45, 2.75) is 52.2 Å². The number of esters is 1. The summed E-state index contributed by atoms with van der Waals surface area (Å²) < 4.78 is 5.05. The zero-order valence-electron chi connectivity index (χ0n) is 11.4. The molecule has 2 atom stereocenters. The van der Waals surface area contributed by atoms with Crippen LogP contribution in [0.4, 0.5) is 0 Å². The van der Waals surface area contributed by atoms with Gasteiger partial charge in [-0.15, -0.1) is 0 Å². The van der Waals surface area contributed by atoms with Crippen LogP contribution in [0.2, 0.25) is 0 Å². The van der Waals surface area contributed by atoms with E-state index < -0.39 is 11.5 Å². The van der Waals surface area contributed by atoms with E-state index in [0.29, 0.717) is 32.0 Å². The highest BCUT2D eigenvalue weighted by atomic mass is 16.5. The molecule has 0 aliphatic carbocycles. The Morgan fingerprint density at radius 3 is 2.53 bits per heavy atom. The Kier molecular flexibility index (Phi) is 4.95. The second-order valence-electron chi connectivity index (χ2n) is 5.13. The van der Waals surface area contributed by atoms with Gasteiger partial charge in [0.2, 0.25) is 0 Å². The standard InChI is InChI=1S/C13H25NO3/c1-5-11(12(15)17-6-2)13(16)7-8-14(9-13)10(3)4/h10-11,16H,5-9H2,1-4H3. The van der Waals surface area contributed by atoms with Crippen LogP contribution in [0.1, 0.15) is 40.5 Å². The number of aliphatic hydroxyl groups is 1. The minimum atomic E-state index is -0.911. The molecule has 4 nitrogen and oxygen atoms in total. The van der Waals surface area contributed by atoms with E-state index in [1.807, 2.05) is 6.92 Å². The molecular formula is C13H25NO3. The molecule has 1 aliphatic rings. The fourth-order valence-electron chi connectivity index (χ4n) is 2.58. The Labute approximate surface area is 104 Å². The number of carbonyl (C=O) groups excluding carboxylic acids is 1. The first-order valence-electron chi connectivity index (χ1n) is 6.57. The fourth-order valence-corrected chi connectivity index (χ4v) is 2.58. The number of rotatable bonds is 5. The molecule has 100 valence electrons. The van der Waals surface area contributed by atoms with Gasteiger partial charge in [-0.05, 0) is 33.6 Å². The fraction of sp³-hybridized carbons (Fsp3) is 0.923. The van der Waals surface area contributed by atoms with E-state index in [2.05, 4.69) is 18.7 Å². The largest absolute Gasteiger partial charge is 0.466 e. The van der Waals surface area contributed by atoms with Crippen molar-refractivity contribution in [3.05, 3.63) is 0 Å². The molecule has 0 bridgehead atoms. The van der Waals surface area contributed by atoms with Crippen LogP contribution in [0.25, 0.3) is 0 Å². The molecule has 2 unspecified atom stereocenters. The lowest BCUT2D eigenvalue weighted by Gasteiger charge is -2.31. The van der Waals surface area contributed by atoms with Crippen LogP contribution in [0.3, 0.4) is 0 Å². The van der Waals surface area contributed by atoms with E-state index >= 15 is 0 Å². The monoisotopic (exact) mass is 243 g/mol. The number of nitrogens with zero attached hydrogens (tertiary/aromatic N) is 1. The van der Waals surface area contributed by atoms with Gasteiger partial charge in [0.05, 0.1) is 18.1 Å². The minimum Gasteiger partial charge on any atom is -0.466 e. The van der Waals surface area contributed by atoms with Gasteiger partial charge in [0.15, 0.2) is 0 Å². The lowest BCUT2D eigenvalue weighted by atomic mass is 9.84. The molecule has 17 heavy (non-hydrogen) atoms. The Balaban J connectivity index is 2.72. The van der Waals surface area contributed by atoms with Gasteiger partial charge in [0, 0.05) is 19.1 Å². The molecule has 0 spiro atoms. The number of carbonyl (C=O) groups is 1. The van der Waals surface area contributed by atoms with Crippen molar-refractivity contribution in [2.24, 2.45) is 5.92 Å². The van der Waals surface area contributed by atoms with E-state index in [4.69, 9.17) is 4.74 Å². The second-order valence-corrected chi connectivity index (χ2v) is 5.13. The van der Waals surface area contributed by atoms with E-state index in [9.17, 15) is 9.90 Å². The Hall–Kier alpha value is -0.610. The molecule has 1 heterocycles. The van der Waals surface area contributed by atoms with Gasteiger partial charge in [0.25, 0.3) is 0 Å². The molecule has 0 saturated carbocycles. The van der Waals surface area contributed by atoms with E-state index in [-0.39, 0.29) is 5.97 Å². The molecule has 1 rings (SSSR count). The maximum absolute atomic E-state index is 11.8. The first-order valence-corrected chi connectivity index (χ1v) is 6.57. The SMILES string of the molecule is CCOC(=O)C(CC)C1(O)CCN(C(C)C)C1. The average molecular weight is 243 g/mol. The van der Waals surface area contributed by atoms with E-state index in [1.165, 1.54) is 0 Å². The number of hydrogen-bond acceptors (Lipinski definition) is 4. The summed E-state index contributed by atoms with van der Waals surface area (Å²) in [6.45, 7) is 9.74. The molecule has 1 N–H and O–H groups in total. The molecule has 0 aromatic carbocycles. The third-order valence-electron chi connectivity index (χ3n) is 3.67. The number of likely N-dealkylation sites (tertiary alicyclic amines) is 1. The summed E-state index contributed by atoms with van der Waals surface area (Å²) >= 11 is 0. The van der Waals surface area contributed by atoms with E-state index in [1.54, 1.807) is 6.92 Å². The lowest BCUT2D eigenvalue weighted by molar-refractivity contribution is -0.158. The number of ether oxygens (including phenoxy) is 1. The van der Waals surface area contributed by atoms with E-state index in [0.717, 1.165) is 6.54 Å². The van der Waals surface area contributed by atoms with Crippen molar-refractivity contribution in [1.29, 1.82) is 0 Å². The predicted octanol–water partition coefficient (Wildman–Crippen LogP) is 1.42. The lowest BCUT2D eigenvalue weighted by Crippen LogP contribution is -2.46. The first kappa shape index (κ1) is 14.5. The third-order valence-corrected chi connectivity index (χ3v) is 3.67. The molecule has 0 aromatic rings. The Morgan fingerprint density at radius 1 is 1.47 bits per heavy atom. The van der Waals surface area contributed by atoms with Crippen molar-refractivity contribution in [3.63, 3.8) is 0 Å². The van der Waals surface area contributed by atoms with Crippen molar-refractivity contribution in [2.75, 3.05) is 19.7 Å². The van der Waals surface area contributed by atoms with Crippen molar-refractivity contribution in [3.8, 4) is 0 Å². The zero-order chi connectivity index (χ0) is 13.1. The molecule has 0 radical (unpaired) electrons. The van der Waals surface area contributed by atoms with Gasteiger partial charge in [-0.2, -0.15) is 0 Å². The summed E-state index contributed by atoms with van der Waals surface area (Å²) in [5.41, 5.74) is -0.911. The van der Waals surface area contributed by atoms with Crippen LogP contribution in [0.15, 0.2) is 0 Å². The summed E-state index contributed by atoms with van der Waals surface area (Å²) in [4.78, 5) is 14.1. The minimum absolute atomic E-state index is 0.261. The summed E-state index contributed by atoms with van der Waals surface area (Å²) in [5.74, 6) is -0.658. The van der Waals surface area contributed by atoms with Gasteiger partial charge >= 0.3 is 5.97 Å². The molecule has 0 aromatic heterocycles. The van der Waals surface area contributed by atoms with Crippen LogP contribution < -0.4 is 0 Å². The predicted molar refractivity (Wildman–Crippen MR) is 66.7 cm³/mol. The molecule has 0 amide bonds. The van der Waals surface area contributed by atoms with Crippen LogP contribution in [0.5, 0.6) is 0 Å². The molecule has 1 fully saturated rings. The maximum Gasteiger partial charge on any atom is 0.311 e. The van der Waals surface area contributed by atoms with Gasteiger partial charge in [-0.3, -0.25) is 9.69 Å². The van der Waals surface area contributed by atoms with Crippen LogP contribution in [-0.4, -0.2) is 47.3 Å². The first-order chi connectivity index (χ1) is 7.94. The van der Waals surface area contributed by atoms with Crippen molar-refractivity contribution >= 4 is 5.97 Å². The maximum atomic E-state index is 11.8. The summed E-state index contributed by atoms with van der Waals surface area (Å²) in [7, 11) is 0. The topological polar surface area (TPSA) is 49.8 Å². The highest BCUT2D eigenvalue weighted by Gasteiger charge is 2.46. The molecule has 4 heteroatoms. The van der Waals surface area contributed by atoms with Crippen LogP contribution in [0, 0.1) is 5.92 Å². The quantitative estimate of drug-likeness (QED) is 0.742. The van der Waals surface area contributed by atoms with Crippen molar-refractivity contribution < 1.29 is 14.6 Å². The van der Waals surface area contributed by atoms with Crippen LogP contribution in [-0.2, 0) is 9.53 Å². The van der Waals surface area contributed by atoms with Gasteiger partial charge in [-0.1, -0.05) is 6.92 Å². The molecule has 1 saturated heterocycles. The molecular weight excluding hydrogens is 218 g/mol. The van der Waals surface area contributed by atoms with Crippen LogP contribution >= 0.6 is 0 Å². The summed E-state index contributed by atoms with van der Waals surface area (Å²) in [5, 5.41) is 10.6. The third kappa shape index (κ3) is 3.19. The van der Waals surface area contributed by atoms with Gasteiger partial charge in [-0.25, -0.2) is 0 Å². The zero-order valence-corrected chi connectivity index (χ0v) is 11.4. The smallest absolute Gasteiger partial charge is 0.311 e. The Bertz CT molecular complexity index is 267. The second kappa shape index (κ2) is 5.83. The molecule has 1 aliphatic heterocycles.